The molecular weight excluding hydrogens is 476 g/mol. The van der Waals surface area contributed by atoms with E-state index in [1.165, 1.54) is 52.0 Å². The van der Waals surface area contributed by atoms with E-state index in [4.69, 9.17) is 0 Å². The number of aryl methyl sites for hydroxylation is 1. The van der Waals surface area contributed by atoms with Crippen LogP contribution in [0.2, 0.25) is 0 Å². The maximum absolute atomic E-state index is 13.1. The highest BCUT2D eigenvalue weighted by Crippen LogP contribution is 2.24. The van der Waals surface area contributed by atoms with Crippen molar-refractivity contribution in [3.8, 4) is 0 Å². The van der Waals surface area contributed by atoms with Crippen LogP contribution >= 0.6 is 11.3 Å². The molecule has 0 aliphatic carbocycles. The number of non-ortho nitro benzene ring substituents is 1. The molecule has 4 rings (SSSR count). The van der Waals surface area contributed by atoms with Crippen molar-refractivity contribution in [1.29, 1.82) is 0 Å². The molecule has 0 aliphatic rings. The van der Waals surface area contributed by atoms with E-state index >= 15 is 0 Å². The van der Waals surface area contributed by atoms with Gasteiger partial charge in [0, 0.05) is 31.3 Å². The van der Waals surface area contributed by atoms with Gasteiger partial charge in [-0.05, 0) is 49.4 Å². The summed E-state index contributed by atoms with van der Waals surface area (Å²) in [5.41, 5.74) is 1.32. The summed E-state index contributed by atoms with van der Waals surface area (Å²) in [5, 5.41) is 11.0. The molecule has 174 valence electrons. The van der Waals surface area contributed by atoms with Gasteiger partial charge in [0.25, 0.3) is 21.6 Å². The zero-order valence-corrected chi connectivity index (χ0v) is 19.9. The van der Waals surface area contributed by atoms with E-state index in [2.05, 4.69) is 4.99 Å². The Balaban J connectivity index is 1.64. The Morgan fingerprint density at radius 3 is 2.38 bits per heavy atom. The lowest BCUT2D eigenvalue weighted by Gasteiger charge is -2.22. The van der Waals surface area contributed by atoms with Gasteiger partial charge in [0.2, 0.25) is 0 Å². The van der Waals surface area contributed by atoms with Crippen molar-refractivity contribution in [2.45, 2.75) is 11.8 Å². The molecule has 4 aromatic rings. The molecule has 0 spiro atoms. The molecule has 0 radical (unpaired) electrons. The molecule has 0 saturated heterocycles. The molecule has 1 aromatic heterocycles. The quantitative estimate of drug-likeness (QED) is 0.294. The number of hydrogen-bond acceptors (Lipinski definition) is 6. The van der Waals surface area contributed by atoms with Gasteiger partial charge in [-0.3, -0.25) is 19.2 Å². The number of hydrogen-bond donors (Lipinski definition) is 0. The Bertz CT molecular complexity index is 1560. The molecule has 34 heavy (non-hydrogen) atoms. The smallest absolute Gasteiger partial charge is 0.279 e. The number of carbonyl (C=O) groups is 1. The van der Waals surface area contributed by atoms with Crippen LogP contribution in [0.3, 0.4) is 0 Å². The number of nitro benzene ring substituents is 1. The van der Waals surface area contributed by atoms with Crippen LogP contribution in [0.15, 0.2) is 82.7 Å². The third kappa shape index (κ3) is 4.35. The van der Waals surface area contributed by atoms with Crippen LogP contribution in [0, 0.1) is 10.1 Å². The van der Waals surface area contributed by atoms with E-state index in [0.717, 1.165) is 4.70 Å². The SMILES string of the molecule is CCN(c1ccccc1)S(=O)(=O)c1ccc(C(=O)N=c2sc3ccc([N+](=O)[O-])cc3n2C)cc1. The fourth-order valence-electron chi connectivity index (χ4n) is 3.47. The van der Waals surface area contributed by atoms with Crippen molar-refractivity contribution in [2.24, 2.45) is 12.0 Å². The number of thiazole rings is 1. The Labute approximate surface area is 199 Å². The standard InChI is InChI=1S/C23H20N4O5S2/c1-3-26(17-7-5-4-6-8-17)34(31,32)19-12-9-16(10-13-19)22(28)24-23-25(2)20-15-18(27(29)30)11-14-21(20)33-23/h4-15H,3H2,1-2H3. The van der Waals surface area contributed by atoms with Crippen LogP contribution < -0.4 is 9.11 Å². The molecule has 0 fully saturated rings. The second kappa shape index (κ2) is 9.20. The number of rotatable bonds is 6. The number of carbonyl (C=O) groups excluding carboxylic acids is 1. The molecule has 0 atom stereocenters. The summed E-state index contributed by atoms with van der Waals surface area (Å²) in [6.07, 6.45) is 0. The van der Waals surface area contributed by atoms with Gasteiger partial charge in [0.15, 0.2) is 4.80 Å². The monoisotopic (exact) mass is 496 g/mol. The highest BCUT2D eigenvalue weighted by Gasteiger charge is 2.23. The lowest BCUT2D eigenvalue weighted by atomic mass is 10.2. The maximum atomic E-state index is 13.1. The van der Waals surface area contributed by atoms with Gasteiger partial charge in [0.1, 0.15) is 0 Å². The first-order valence-electron chi connectivity index (χ1n) is 10.2. The lowest BCUT2D eigenvalue weighted by Crippen LogP contribution is -2.30. The number of nitro groups is 1. The van der Waals surface area contributed by atoms with Crippen LogP contribution in [-0.4, -0.2) is 30.4 Å². The highest BCUT2D eigenvalue weighted by molar-refractivity contribution is 7.92. The fourth-order valence-corrected chi connectivity index (χ4v) is 5.94. The zero-order valence-electron chi connectivity index (χ0n) is 18.3. The summed E-state index contributed by atoms with van der Waals surface area (Å²) < 4.78 is 29.9. The second-order valence-electron chi connectivity index (χ2n) is 7.30. The van der Waals surface area contributed by atoms with E-state index in [1.54, 1.807) is 48.9 Å². The molecule has 1 amide bonds. The average molecular weight is 497 g/mol. The number of para-hydroxylation sites is 1. The van der Waals surface area contributed by atoms with Crippen LogP contribution in [0.5, 0.6) is 0 Å². The van der Waals surface area contributed by atoms with Gasteiger partial charge in [-0.1, -0.05) is 29.5 Å². The third-order valence-corrected chi connectivity index (χ3v) is 8.25. The van der Waals surface area contributed by atoms with Crippen molar-refractivity contribution in [2.75, 3.05) is 10.8 Å². The third-order valence-electron chi connectivity index (χ3n) is 5.22. The maximum Gasteiger partial charge on any atom is 0.279 e. The van der Waals surface area contributed by atoms with Crippen molar-refractivity contribution in [3.63, 3.8) is 0 Å². The molecular formula is C23H20N4O5S2. The summed E-state index contributed by atoms with van der Waals surface area (Å²) in [5.74, 6) is -0.545. The Kier molecular flexibility index (Phi) is 6.31. The molecule has 0 bridgehead atoms. The molecule has 0 saturated carbocycles. The van der Waals surface area contributed by atoms with Crippen LogP contribution in [0.1, 0.15) is 17.3 Å². The number of benzene rings is 3. The van der Waals surface area contributed by atoms with Crippen molar-refractivity contribution in [3.05, 3.63) is 93.3 Å². The first kappa shape index (κ1) is 23.3. The highest BCUT2D eigenvalue weighted by atomic mass is 32.2. The van der Waals surface area contributed by atoms with E-state index in [-0.39, 0.29) is 22.7 Å². The topological polar surface area (TPSA) is 115 Å². The Hall–Kier alpha value is -3.83. The molecule has 11 heteroatoms. The fraction of sp³-hybridized carbons (Fsp3) is 0.130. The van der Waals surface area contributed by atoms with Crippen molar-refractivity contribution in [1.82, 2.24) is 4.57 Å². The lowest BCUT2D eigenvalue weighted by molar-refractivity contribution is -0.384. The summed E-state index contributed by atoms with van der Waals surface area (Å²) in [7, 11) is -2.13. The van der Waals surface area contributed by atoms with Crippen LogP contribution in [0.4, 0.5) is 11.4 Å². The molecule has 3 aromatic carbocycles. The van der Waals surface area contributed by atoms with Crippen molar-refractivity contribution >= 4 is 48.9 Å². The Morgan fingerprint density at radius 2 is 1.76 bits per heavy atom. The van der Waals surface area contributed by atoms with Gasteiger partial charge >= 0.3 is 0 Å². The average Bonchev–Trinajstić information content (AvgIpc) is 3.14. The van der Waals surface area contributed by atoms with E-state index in [1.807, 2.05) is 6.07 Å². The van der Waals surface area contributed by atoms with Crippen LogP contribution in [0.25, 0.3) is 10.2 Å². The number of sulfonamides is 1. The van der Waals surface area contributed by atoms with E-state index < -0.39 is 20.9 Å². The molecule has 0 N–H and O–H groups in total. The zero-order chi connectivity index (χ0) is 24.5. The predicted molar refractivity (Wildman–Crippen MR) is 130 cm³/mol. The van der Waals surface area contributed by atoms with Crippen LogP contribution in [-0.2, 0) is 17.1 Å². The molecule has 9 nitrogen and oxygen atoms in total. The van der Waals surface area contributed by atoms with Crippen molar-refractivity contribution < 1.29 is 18.1 Å². The first-order chi connectivity index (χ1) is 16.2. The number of fused-ring (bicyclic) bond motifs is 1. The van der Waals surface area contributed by atoms with Gasteiger partial charge in [-0.15, -0.1) is 0 Å². The summed E-state index contributed by atoms with van der Waals surface area (Å²) in [6.45, 7) is 2.00. The summed E-state index contributed by atoms with van der Waals surface area (Å²) in [4.78, 5) is 27.9. The molecule has 0 unspecified atom stereocenters. The minimum absolute atomic E-state index is 0.0489. The molecule has 1 heterocycles. The minimum atomic E-state index is -3.81. The molecule has 0 aliphatic heterocycles. The predicted octanol–water partition coefficient (Wildman–Crippen LogP) is 4.10. The summed E-state index contributed by atoms with van der Waals surface area (Å²) >= 11 is 1.23. The number of aromatic nitrogens is 1. The normalized spacial score (nSPS) is 12.1. The number of amides is 1. The van der Waals surface area contributed by atoms with Gasteiger partial charge in [-0.2, -0.15) is 4.99 Å². The van der Waals surface area contributed by atoms with E-state index in [9.17, 15) is 23.3 Å². The number of nitrogens with zero attached hydrogens (tertiary/aromatic N) is 4. The summed E-state index contributed by atoms with van der Waals surface area (Å²) in [6, 6.07) is 18.9. The number of anilines is 1. The van der Waals surface area contributed by atoms with Gasteiger partial charge in [0.05, 0.1) is 25.7 Å². The van der Waals surface area contributed by atoms with Gasteiger partial charge < -0.3 is 4.57 Å². The first-order valence-corrected chi connectivity index (χ1v) is 12.5. The Morgan fingerprint density at radius 1 is 1.09 bits per heavy atom. The van der Waals surface area contributed by atoms with Gasteiger partial charge in [-0.25, -0.2) is 8.42 Å². The minimum Gasteiger partial charge on any atom is -0.319 e. The largest absolute Gasteiger partial charge is 0.319 e. The van der Waals surface area contributed by atoms with E-state index in [0.29, 0.717) is 16.0 Å². The second-order valence-corrected chi connectivity index (χ2v) is 10.2.